The summed E-state index contributed by atoms with van der Waals surface area (Å²) < 4.78 is 0. The van der Waals surface area contributed by atoms with Crippen molar-refractivity contribution < 1.29 is 9.90 Å². The normalized spacial score (nSPS) is 14.2. The van der Waals surface area contributed by atoms with Gasteiger partial charge in [0.25, 0.3) is 0 Å². The lowest BCUT2D eigenvalue weighted by Gasteiger charge is -2.19. The van der Waals surface area contributed by atoms with E-state index in [1.807, 2.05) is 35.7 Å². The second kappa shape index (κ2) is 7.68. The number of anilines is 1. The lowest BCUT2D eigenvalue weighted by Crippen LogP contribution is -2.28. The summed E-state index contributed by atoms with van der Waals surface area (Å²) in [6.45, 7) is 1.61. The molecule has 2 aromatic rings. The first-order chi connectivity index (χ1) is 11.2. The molecule has 3 rings (SSSR count). The van der Waals surface area contributed by atoms with Gasteiger partial charge in [0.15, 0.2) is 0 Å². The number of benzene rings is 1. The third kappa shape index (κ3) is 4.86. The van der Waals surface area contributed by atoms with Crippen LogP contribution in [0.25, 0.3) is 0 Å². The summed E-state index contributed by atoms with van der Waals surface area (Å²) in [5.41, 5.74) is 1.79. The van der Waals surface area contributed by atoms with E-state index in [1.165, 1.54) is 24.2 Å². The van der Waals surface area contributed by atoms with E-state index in [1.54, 1.807) is 0 Å². The maximum Gasteiger partial charge on any atom is 0.231 e. The smallest absolute Gasteiger partial charge is 0.231 e. The predicted octanol–water partition coefficient (Wildman–Crippen LogP) is 2.28. The van der Waals surface area contributed by atoms with Crippen molar-refractivity contribution in [3.05, 3.63) is 46.4 Å². The van der Waals surface area contributed by atoms with Gasteiger partial charge in [0.1, 0.15) is 5.01 Å². The van der Waals surface area contributed by atoms with E-state index in [-0.39, 0.29) is 12.5 Å². The zero-order chi connectivity index (χ0) is 16.1. The Hall–Kier alpha value is -1.76. The van der Waals surface area contributed by atoms with Gasteiger partial charge in [0, 0.05) is 30.2 Å². The first kappa shape index (κ1) is 16.1. The Morgan fingerprint density at radius 3 is 2.83 bits per heavy atom. The molecule has 1 aromatic heterocycles. The predicted molar refractivity (Wildman–Crippen MR) is 91.4 cm³/mol. The summed E-state index contributed by atoms with van der Waals surface area (Å²) >= 11 is 1.52. The highest BCUT2D eigenvalue weighted by Crippen LogP contribution is 2.28. The summed E-state index contributed by atoms with van der Waals surface area (Å²) in [5.74, 6) is -0.0495. The molecule has 1 saturated carbocycles. The van der Waals surface area contributed by atoms with E-state index in [4.69, 9.17) is 5.11 Å². The Morgan fingerprint density at radius 2 is 2.13 bits per heavy atom. The van der Waals surface area contributed by atoms with Crippen molar-refractivity contribution in [2.45, 2.75) is 31.8 Å². The van der Waals surface area contributed by atoms with Crippen LogP contribution in [0.2, 0.25) is 0 Å². The molecule has 0 aliphatic heterocycles. The van der Waals surface area contributed by atoms with Crippen molar-refractivity contribution >= 4 is 22.9 Å². The fourth-order valence-electron chi connectivity index (χ4n) is 2.53. The number of thiazole rings is 1. The number of aliphatic hydroxyl groups is 1. The molecular formula is C17H21N3O2S. The topological polar surface area (TPSA) is 65.5 Å². The quantitative estimate of drug-likeness (QED) is 0.779. The fourth-order valence-corrected chi connectivity index (χ4v) is 3.32. The Labute approximate surface area is 140 Å². The van der Waals surface area contributed by atoms with Crippen LogP contribution in [-0.2, 0) is 17.8 Å². The molecule has 1 aromatic carbocycles. The third-order valence-corrected chi connectivity index (χ3v) is 4.68. The summed E-state index contributed by atoms with van der Waals surface area (Å²) in [6.07, 6.45) is 2.70. The monoisotopic (exact) mass is 331 g/mol. The molecule has 5 nitrogen and oxygen atoms in total. The van der Waals surface area contributed by atoms with Crippen LogP contribution < -0.4 is 5.32 Å². The van der Waals surface area contributed by atoms with Crippen LogP contribution >= 0.6 is 11.3 Å². The molecule has 1 amide bonds. The van der Waals surface area contributed by atoms with Crippen LogP contribution in [0.5, 0.6) is 0 Å². The zero-order valence-electron chi connectivity index (χ0n) is 12.9. The van der Waals surface area contributed by atoms with Crippen molar-refractivity contribution in [1.29, 1.82) is 0 Å². The number of carbonyl (C=O) groups excluding carboxylic acids is 1. The Morgan fingerprint density at radius 1 is 1.35 bits per heavy atom. The maximum absolute atomic E-state index is 12.0. The molecule has 1 heterocycles. The van der Waals surface area contributed by atoms with Crippen molar-refractivity contribution in [2.75, 3.05) is 18.5 Å². The number of para-hydroxylation sites is 1. The minimum atomic E-state index is -0.0495. The van der Waals surface area contributed by atoms with E-state index in [2.05, 4.69) is 15.2 Å². The number of hydrogen-bond acceptors (Lipinski definition) is 5. The molecular weight excluding hydrogens is 310 g/mol. The van der Waals surface area contributed by atoms with Crippen molar-refractivity contribution in [3.8, 4) is 0 Å². The lowest BCUT2D eigenvalue weighted by molar-refractivity contribution is -0.115. The fraction of sp³-hybridized carbons (Fsp3) is 0.412. The van der Waals surface area contributed by atoms with Gasteiger partial charge in [-0.2, -0.15) is 0 Å². The molecule has 0 bridgehead atoms. The van der Waals surface area contributed by atoms with Gasteiger partial charge in [-0.15, -0.1) is 11.3 Å². The second-order valence-electron chi connectivity index (χ2n) is 5.75. The van der Waals surface area contributed by atoms with E-state index < -0.39 is 0 Å². The molecule has 1 fully saturated rings. The number of amides is 1. The van der Waals surface area contributed by atoms with Gasteiger partial charge < -0.3 is 10.4 Å². The number of hydrogen-bond donors (Lipinski definition) is 2. The average Bonchev–Trinajstić information content (AvgIpc) is 3.30. The van der Waals surface area contributed by atoms with Gasteiger partial charge in [0.05, 0.1) is 18.7 Å². The van der Waals surface area contributed by atoms with Crippen molar-refractivity contribution in [3.63, 3.8) is 0 Å². The molecule has 0 spiro atoms. The molecule has 0 saturated heterocycles. The number of rotatable bonds is 8. The standard InChI is InChI=1S/C17H21N3O2S/c21-9-8-20(15-6-7-15)11-14-12-23-17(19-14)10-16(22)18-13-4-2-1-3-5-13/h1-5,12,15,21H,6-11H2,(H,18,22). The zero-order valence-corrected chi connectivity index (χ0v) is 13.8. The molecule has 0 unspecified atom stereocenters. The lowest BCUT2D eigenvalue weighted by atomic mass is 10.3. The largest absolute Gasteiger partial charge is 0.395 e. The van der Waals surface area contributed by atoms with Gasteiger partial charge in [-0.1, -0.05) is 18.2 Å². The minimum absolute atomic E-state index is 0.0495. The minimum Gasteiger partial charge on any atom is -0.395 e. The summed E-state index contributed by atoms with van der Waals surface area (Å²) in [7, 11) is 0. The molecule has 0 atom stereocenters. The molecule has 2 N–H and O–H groups in total. The maximum atomic E-state index is 12.0. The molecule has 23 heavy (non-hydrogen) atoms. The van der Waals surface area contributed by atoms with Gasteiger partial charge in [-0.05, 0) is 25.0 Å². The first-order valence-corrected chi connectivity index (χ1v) is 8.75. The average molecular weight is 331 g/mol. The SMILES string of the molecule is O=C(Cc1nc(CN(CCO)C2CC2)cs1)Nc1ccccc1. The van der Waals surface area contributed by atoms with E-state index >= 15 is 0 Å². The van der Waals surface area contributed by atoms with E-state index in [9.17, 15) is 4.79 Å². The Kier molecular flexibility index (Phi) is 5.38. The summed E-state index contributed by atoms with van der Waals surface area (Å²) in [4.78, 5) is 18.9. The first-order valence-electron chi connectivity index (χ1n) is 7.87. The molecule has 122 valence electrons. The van der Waals surface area contributed by atoms with Crippen LogP contribution in [0, 0.1) is 0 Å². The van der Waals surface area contributed by atoms with Crippen LogP contribution in [0.3, 0.4) is 0 Å². The van der Waals surface area contributed by atoms with Gasteiger partial charge >= 0.3 is 0 Å². The van der Waals surface area contributed by atoms with E-state index in [0.717, 1.165) is 22.9 Å². The highest BCUT2D eigenvalue weighted by atomic mass is 32.1. The number of nitrogens with one attached hydrogen (secondary N) is 1. The van der Waals surface area contributed by atoms with Gasteiger partial charge in [0.2, 0.25) is 5.91 Å². The Bertz CT molecular complexity index is 640. The highest BCUT2D eigenvalue weighted by molar-refractivity contribution is 7.09. The van der Waals surface area contributed by atoms with Crippen molar-refractivity contribution in [2.24, 2.45) is 0 Å². The van der Waals surface area contributed by atoms with Crippen molar-refractivity contribution in [1.82, 2.24) is 9.88 Å². The highest BCUT2D eigenvalue weighted by Gasteiger charge is 2.28. The number of aromatic nitrogens is 1. The second-order valence-corrected chi connectivity index (χ2v) is 6.69. The van der Waals surface area contributed by atoms with Crippen LogP contribution in [-0.4, -0.2) is 40.1 Å². The summed E-state index contributed by atoms with van der Waals surface area (Å²) in [5, 5.41) is 14.9. The van der Waals surface area contributed by atoms with Gasteiger partial charge in [-0.25, -0.2) is 4.98 Å². The number of carbonyl (C=O) groups is 1. The third-order valence-electron chi connectivity index (χ3n) is 3.78. The van der Waals surface area contributed by atoms with Crippen LogP contribution in [0.15, 0.2) is 35.7 Å². The van der Waals surface area contributed by atoms with E-state index in [0.29, 0.717) is 19.0 Å². The summed E-state index contributed by atoms with van der Waals surface area (Å²) in [6, 6.07) is 10.0. The molecule has 1 aliphatic rings. The van der Waals surface area contributed by atoms with Crippen LogP contribution in [0.1, 0.15) is 23.5 Å². The molecule has 1 aliphatic carbocycles. The van der Waals surface area contributed by atoms with Gasteiger partial charge in [-0.3, -0.25) is 9.69 Å². The molecule has 6 heteroatoms. The Balaban J connectivity index is 1.53. The number of aliphatic hydroxyl groups excluding tert-OH is 1. The molecule has 0 radical (unpaired) electrons. The van der Waals surface area contributed by atoms with Crippen LogP contribution in [0.4, 0.5) is 5.69 Å². The number of nitrogens with zero attached hydrogens (tertiary/aromatic N) is 2.